The molecule has 0 atom stereocenters. The standard InChI is InChI=1S/C30H54N2O4/c1-2-3-4-5-6-7-8-9-10-11-12-13-14-15-16-17-18-19-20-21-22-23-31-30(36)32-26-24-27(33)29(35)28(34)25-26/h24-25,33-35H,2-23H2,1H3,(H2,31,32,36). The van der Waals surface area contributed by atoms with Crippen LogP contribution in [0.2, 0.25) is 0 Å². The van der Waals surface area contributed by atoms with Crippen LogP contribution in [0.15, 0.2) is 12.1 Å². The van der Waals surface area contributed by atoms with Gasteiger partial charge in [-0.3, -0.25) is 0 Å². The molecule has 208 valence electrons. The zero-order chi connectivity index (χ0) is 26.3. The van der Waals surface area contributed by atoms with E-state index in [4.69, 9.17) is 0 Å². The van der Waals surface area contributed by atoms with Crippen molar-refractivity contribution in [3.05, 3.63) is 12.1 Å². The molecule has 0 aliphatic carbocycles. The minimum atomic E-state index is -0.597. The van der Waals surface area contributed by atoms with Gasteiger partial charge in [0.15, 0.2) is 17.2 Å². The van der Waals surface area contributed by atoms with E-state index in [1.54, 1.807) is 0 Å². The summed E-state index contributed by atoms with van der Waals surface area (Å²) in [6, 6.07) is 1.98. The molecule has 0 aromatic heterocycles. The van der Waals surface area contributed by atoms with Crippen LogP contribution in [0.4, 0.5) is 10.5 Å². The fourth-order valence-electron chi connectivity index (χ4n) is 4.61. The zero-order valence-corrected chi connectivity index (χ0v) is 23.0. The van der Waals surface area contributed by atoms with Crippen molar-refractivity contribution in [2.45, 2.75) is 142 Å². The van der Waals surface area contributed by atoms with E-state index in [9.17, 15) is 20.1 Å². The monoisotopic (exact) mass is 506 g/mol. The summed E-state index contributed by atoms with van der Waals surface area (Å²) in [6.07, 6.45) is 28.4. The van der Waals surface area contributed by atoms with Gasteiger partial charge in [0.05, 0.1) is 5.69 Å². The van der Waals surface area contributed by atoms with E-state index in [0.29, 0.717) is 6.54 Å². The number of carbonyl (C=O) groups excluding carboxylic acids is 1. The normalized spacial score (nSPS) is 11.0. The molecule has 6 heteroatoms. The Kier molecular flexibility index (Phi) is 19.6. The second kappa shape index (κ2) is 22.1. The van der Waals surface area contributed by atoms with Crippen LogP contribution < -0.4 is 10.6 Å². The molecule has 0 heterocycles. The Bertz CT molecular complexity index is 658. The van der Waals surface area contributed by atoms with Crippen molar-refractivity contribution in [1.29, 1.82) is 0 Å². The number of unbranched alkanes of at least 4 members (excludes halogenated alkanes) is 20. The number of benzene rings is 1. The van der Waals surface area contributed by atoms with Crippen LogP contribution in [0.1, 0.15) is 142 Å². The van der Waals surface area contributed by atoms with Gasteiger partial charge in [0.1, 0.15) is 0 Å². The molecule has 0 spiro atoms. The van der Waals surface area contributed by atoms with E-state index >= 15 is 0 Å². The van der Waals surface area contributed by atoms with Crippen LogP contribution in [0.25, 0.3) is 0 Å². The first-order valence-corrected chi connectivity index (χ1v) is 14.8. The first kappa shape index (κ1) is 31.9. The number of hydrogen-bond acceptors (Lipinski definition) is 4. The SMILES string of the molecule is CCCCCCCCCCCCCCCCCCCCCCCNC(=O)Nc1cc(O)c(O)c(O)c1. The van der Waals surface area contributed by atoms with E-state index in [1.165, 1.54) is 134 Å². The molecule has 36 heavy (non-hydrogen) atoms. The number of nitrogens with one attached hydrogen (secondary N) is 2. The highest BCUT2D eigenvalue weighted by Gasteiger charge is 2.09. The van der Waals surface area contributed by atoms with Gasteiger partial charge in [-0.1, -0.05) is 135 Å². The third-order valence-electron chi connectivity index (χ3n) is 6.89. The first-order chi connectivity index (χ1) is 17.5. The lowest BCUT2D eigenvalue weighted by Crippen LogP contribution is -2.29. The van der Waals surface area contributed by atoms with Crippen molar-refractivity contribution < 1.29 is 20.1 Å². The van der Waals surface area contributed by atoms with Gasteiger partial charge in [0, 0.05) is 18.7 Å². The molecule has 1 aromatic rings. The highest BCUT2D eigenvalue weighted by molar-refractivity contribution is 5.90. The summed E-state index contributed by atoms with van der Waals surface area (Å²) in [5.74, 6) is -1.55. The molecule has 0 radical (unpaired) electrons. The van der Waals surface area contributed by atoms with Crippen molar-refractivity contribution in [1.82, 2.24) is 5.32 Å². The zero-order valence-electron chi connectivity index (χ0n) is 23.0. The summed E-state index contributed by atoms with van der Waals surface area (Å²) in [5, 5.41) is 33.6. The first-order valence-electron chi connectivity index (χ1n) is 14.8. The quantitative estimate of drug-likeness (QED) is 0.0580. The smallest absolute Gasteiger partial charge is 0.319 e. The van der Waals surface area contributed by atoms with Crippen LogP contribution in [0.3, 0.4) is 0 Å². The lowest BCUT2D eigenvalue weighted by molar-refractivity contribution is 0.252. The molecule has 0 bridgehead atoms. The summed E-state index contributed by atoms with van der Waals surface area (Å²) in [4.78, 5) is 11.9. The maximum absolute atomic E-state index is 11.9. The second-order valence-electron chi connectivity index (χ2n) is 10.3. The van der Waals surface area contributed by atoms with E-state index in [1.807, 2.05) is 0 Å². The predicted octanol–water partition coefficient (Wildman–Crippen LogP) is 9.14. The number of amides is 2. The summed E-state index contributed by atoms with van der Waals surface area (Å²) in [5.41, 5.74) is 0.221. The second-order valence-corrected chi connectivity index (χ2v) is 10.3. The van der Waals surface area contributed by atoms with Crippen LogP contribution in [-0.2, 0) is 0 Å². The lowest BCUT2D eigenvalue weighted by Gasteiger charge is -2.09. The van der Waals surface area contributed by atoms with E-state index in [2.05, 4.69) is 17.6 Å². The Hall–Kier alpha value is -2.11. The minimum Gasteiger partial charge on any atom is -0.504 e. The maximum Gasteiger partial charge on any atom is 0.319 e. The molecule has 0 unspecified atom stereocenters. The number of phenolic OH excluding ortho intramolecular Hbond substituents is 3. The molecule has 2 amide bonds. The van der Waals surface area contributed by atoms with Gasteiger partial charge < -0.3 is 26.0 Å². The number of hydrogen-bond donors (Lipinski definition) is 5. The van der Waals surface area contributed by atoms with Crippen LogP contribution in [-0.4, -0.2) is 27.9 Å². The molecule has 1 rings (SSSR count). The molecular formula is C30H54N2O4. The number of urea groups is 1. The van der Waals surface area contributed by atoms with Gasteiger partial charge >= 0.3 is 6.03 Å². The predicted molar refractivity (Wildman–Crippen MR) is 151 cm³/mol. The fraction of sp³-hybridized carbons (Fsp3) is 0.767. The molecule has 0 fully saturated rings. The summed E-state index contributed by atoms with van der Waals surface area (Å²) in [6.45, 7) is 2.87. The van der Waals surface area contributed by atoms with Crippen molar-refractivity contribution >= 4 is 11.7 Å². The van der Waals surface area contributed by atoms with Gasteiger partial charge in [-0.25, -0.2) is 4.79 Å². The van der Waals surface area contributed by atoms with Gasteiger partial charge in [0.25, 0.3) is 0 Å². The molecule has 0 aliphatic rings. The number of anilines is 1. The van der Waals surface area contributed by atoms with Crippen molar-refractivity contribution in [2.75, 3.05) is 11.9 Å². The topological polar surface area (TPSA) is 102 Å². The number of rotatable bonds is 23. The molecular weight excluding hydrogens is 452 g/mol. The summed E-state index contributed by atoms with van der Waals surface area (Å²) >= 11 is 0. The number of carbonyl (C=O) groups is 1. The van der Waals surface area contributed by atoms with Crippen molar-refractivity contribution in [2.24, 2.45) is 0 Å². The average Bonchev–Trinajstić information content (AvgIpc) is 2.85. The van der Waals surface area contributed by atoms with E-state index in [-0.39, 0.29) is 5.69 Å². The lowest BCUT2D eigenvalue weighted by atomic mass is 10.0. The highest BCUT2D eigenvalue weighted by Crippen LogP contribution is 2.37. The van der Waals surface area contributed by atoms with Crippen LogP contribution >= 0.6 is 0 Å². The van der Waals surface area contributed by atoms with Gasteiger partial charge in [0.2, 0.25) is 0 Å². The van der Waals surface area contributed by atoms with Crippen molar-refractivity contribution in [3.63, 3.8) is 0 Å². The van der Waals surface area contributed by atoms with Gasteiger partial charge in [-0.15, -0.1) is 0 Å². The third-order valence-corrected chi connectivity index (χ3v) is 6.89. The highest BCUT2D eigenvalue weighted by atomic mass is 16.3. The van der Waals surface area contributed by atoms with Crippen molar-refractivity contribution in [3.8, 4) is 17.2 Å². The third kappa shape index (κ3) is 17.3. The van der Waals surface area contributed by atoms with E-state index in [0.717, 1.165) is 12.8 Å². The molecule has 5 N–H and O–H groups in total. The molecule has 0 saturated carbocycles. The Morgan fingerprint density at radius 3 is 1.28 bits per heavy atom. The Morgan fingerprint density at radius 1 is 0.583 bits per heavy atom. The van der Waals surface area contributed by atoms with Crippen LogP contribution in [0.5, 0.6) is 17.2 Å². The van der Waals surface area contributed by atoms with Gasteiger partial charge in [-0.05, 0) is 6.42 Å². The maximum atomic E-state index is 11.9. The molecule has 1 aromatic carbocycles. The van der Waals surface area contributed by atoms with Crippen LogP contribution in [0, 0.1) is 0 Å². The number of phenols is 3. The largest absolute Gasteiger partial charge is 0.504 e. The molecule has 0 saturated heterocycles. The van der Waals surface area contributed by atoms with Gasteiger partial charge in [-0.2, -0.15) is 0 Å². The Morgan fingerprint density at radius 2 is 0.917 bits per heavy atom. The molecule has 0 aliphatic heterocycles. The average molecular weight is 507 g/mol. The summed E-state index contributed by atoms with van der Waals surface area (Å²) in [7, 11) is 0. The van der Waals surface area contributed by atoms with E-state index < -0.39 is 23.3 Å². The Labute approximate surface area is 220 Å². The fourth-order valence-corrected chi connectivity index (χ4v) is 4.61. The number of aromatic hydroxyl groups is 3. The minimum absolute atomic E-state index is 0.221. The summed E-state index contributed by atoms with van der Waals surface area (Å²) < 4.78 is 0. The Balaban J connectivity index is 1.79. The molecule has 6 nitrogen and oxygen atoms in total.